The first-order chi connectivity index (χ1) is 6.88. The van der Waals surface area contributed by atoms with E-state index in [9.17, 15) is 0 Å². The Morgan fingerprint density at radius 2 is 1.86 bits per heavy atom. The Bertz CT molecular complexity index is 127. The van der Waals surface area contributed by atoms with Crippen LogP contribution >= 0.6 is 0 Å². The number of rotatable bonds is 6. The lowest BCUT2D eigenvalue weighted by Crippen LogP contribution is -2.29. The Hall–Kier alpha value is -0.0400. The summed E-state index contributed by atoms with van der Waals surface area (Å²) < 4.78 is 0. The molecule has 1 rings (SSSR count). The van der Waals surface area contributed by atoms with Crippen molar-refractivity contribution in [3.05, 3.63) is 0 Å². The Labute approximate surface area is 89.7 Å². The van der Waals surface area contributed by atoms with Crippen molar-refractivity contribution >= 4 is 0 Å². The van der Waals surface area contributed by atoms with Gasteiger partial charge in [0.15, 0.2) is 0 Å². The molecule has 1 nitrogen and oxygen atoms in total. The van der Waals surface area contributed by atoms with Crippen LogP contribution < -0.4 is 5.32 Å². The van der Waals surface area contributed by atoms with Gasteiger partial charge in [-0.2, -0.15) is 0 Å². The zero-order valence-electron chi connectivity index (χ0n) is 10.0. The predicted octanol–water partition coefficient (Wildman–Crippen LogP) is 3.59. The first-order valence-electron chi connectivity index (χ1n) is 6.59. The lowest BCUT2D eigenvalue weighted by molar-refractivity contribution is 0.235. The lowest BCUT2D eigenvalue weighted by atomic mass is 9.79. The molecule has 1 fully saturated rings. The molecule has 0 spiro atoms. The third kappa shape index (κ3) is 4.00. The van der Waals surface area contributed by atoms with Gasteiger partial charge >= 0.3 is 0 Å². The van der Waals surface area contributed by atoms with Crippen molar-refractivity contribution in [2.75, 3.05) is 13.1 Å². The van der Waals surface area contributed by atoms with Gasteiger partial charge in [-0.25, -0.2) is 0 Å². The third-order valence-electron chi connectivity index (χ3n) is 3.67. The van der Waals surface area contributed by atoms with Crippen molar-refractivity contribution in [1.29, 1.82) is 0 Å². The summed E-state index contributed by atoms with van der Waals surface area (Å²) in [5, 5.41) is 3.58. The van der Waals surface area contributed by atoms with Crippen LogP contribution in [-0.2, 0) is 0 Å². The summed E-state index contributed by atoms with van der Waals surface area (Å²) in [6.07, 6.45) is 10.1. The van der Waals surface area contributed by atoms with Gasteiger partial charge in [0, 0.05) is 0 Å². The van der Waals surface area contributed by atoms with E-state index in [1.54, 1.807) is 0 Å². The van der Waals surface area contributed by atoms with Crippen LogP contribution in [0.4, 0.5) is 0 Å². The second kappa shape index (κ2) is 7.28. The highest BCUT2D eigenvalue weighted by Crippen LogP contribution is 2.31. The Kier molecular flexibility index (Phi) is 6.25. The van der Waals surface area contributed by atoms with E-state index in [2.05, 4.69) is 19.2 Å². The summed E-state index contributed by atoms with van der Waals surface area (Å²) in [6, 6.07) is 0. The van der Waals surface area contributed by atoms with Gasteiger partial charge in [0.2, 0.25) is 0 Å². The van der Waals surface area contributed by atoms with E-state index in [4.69, 9.17) is 0 Å². The molecular formula is C13H27N. The maximum atomic E-state index is 3.58. The van der Waals surface area contributed by atoms with Gasteiger partial charge in [-0.15, -0.1) is 0 Å². The summed E-state index contributed by atoms with van der Waals surface area (Å²) in [7, 11) is 0. The van der Waals surface area contributed by atoms with E-state index in [-0.39, 0.29) is 0 Å². The largest absolute Gasteiger partial charge is 0.316 e. The van der Waals surface area contributed by atoms with E-state index in [1.807, 2.05) is 0 Å². The molecule has 0 aromatic rings. The molecule has 14 heavy (non-hydrogen) atoms. The molecule has 0 amide bonds. The molecule has 84 valence electrons. The second-order valence-corrected chi connectivity index (χ2v) is 4.77. The number of hydrogen-bond donors (Lipinski definition) is 1. The van der Waals surface area contributed by atoms with E-state index < -0.39 is 0 Å². The average molecular weight is 197 g/mol. The summed E-state index contributed by atoms with van der Waals surface area (Å²) in [5.41, 5.74) is 0. The first kappa shape index (κ1) is 12.0. The summed E-state index contributed by atoms with van der Waals surface area (Å²) in [4.78, 5) is 0. The molecule has 1 aliphatic carbocycles. The zero-order chi connectivity index (χ0) is 10.2. The average Bonchev–Trinajstić information content (AvgIpc) is 2.26. The predicted molar refractivity (Wildman–Crippen MR) is 63.5 cm³/mol. The molecule has 0 heterocycles. The van der Waals surface area contributed by atoms with Gasteiger partial charge in [0.05, 0.1) is 0 Å². The standard InChI is InChI=1S/C13H27N/c1-3-10-14-11-12(4-2)13-8-6-5-7-9-13/h12-14H,3-11H2,1-2H3. The maximum Gasteiger partial charge on any atom is -0.00180 e. The SMILES string of the molecule is CCCNCC(CC)C1CCCCC1. The highest BCUT2D eigenvalue weighted by Gasteiger charge is 2.21. The molecule has 0 aromatic carbocycles. The van der Waals surface area contributed by atoms with Gasteiger partial charge < -0.3 is 5.32 Å². The van der Waals surface area contributed by atoms with Crippen LogP contribution in [0.1, 0.15) is 58.8 Å². The minimum atomic E-state index is 0.946. The monoisotopic (exact) mass is 197 g/mol. The highest BCUT2D eigenvalue weighted by atomic mass is 14.9. The van der Waals surface area contributed by atoms with E-state index in [1.165, 1.54) is 58.0 Å². The van der Waals surface area contributed by atoms with Crippen LogP contribution in [0.25, 0.3) is 0 Å². The fourth-order valence-corrected chi connectivity index (χ4v) is 2.71. The molecule has 1 saturated carbocycles. The summed E-state index contributed by atoms with van der Waals surface area (Å²) in [6.45, 7) is 7.06. The van der Waals surface area contributed by atoms with Gasteiger partial charge in [-0.1, -0.05) is 52.4 Å². The van der Waals surface area contributed by atoms with Gasteiger partial charge in [-0.05, 0) is 31.3 Å². The van der Waals surface area contributed by atoms with Crippen molar-refractivity contribution in [1.82, 2.24) is 5.32 Å². The van der Waals surface area contributed by atoms with Crippen molar-refractivity contribution in [3.8, 4) is 0 Å². The van der Waals surface area contributed by atoms with Crippen molar-refractivity contribution in [2.45, 2.75) is 58.8 Å². The molecule has 0 saturated heterocycles. The number of nitrogens with one attached hydrogen (secondary N) is 1. The summed E-state index contributed by atoms with van der Waals surface area (Å²) >= 11 is 0. The van der Waals surface area contributed by atoms with Crippen LogP contribution in [0.15, 0.2) is 0 Å². The molecule has 0 aromatic heterocycles. The molecule has 1 unspecified atom stereocenters. The quantitative estimate of drug-likeness (QED) is 0.642. The topological polar surface area (TPSA) is 12.0 Å². The van der Waals surface area contributed by atoms with Crippen LogP contribution in [0.3, 0.4) is 0 Å². The van der Waals surface area contributed by atoms with E-state index >= 15 is 0 Å². The van der Waals surface area contributed by atoms with Gasteiger partial charge in [0.1, 0.15) is 0 Å². The fraction of sp³-hybridized carbons (Fsp3) is 1.00. The smallest absolute Gasteiger partial charge is 0.00180 e. The molecule has 1 heteroatoms. The molecule has 1 N–H and O–H groups in total. The van der Waals surface area contributed by atoms with Crippen molar-refractivity contribution in [3.63, 3.8) is 0 Å². The molecule has 0 radical (unpaired) electrons. The Morgan fingerprint density at radius 3 is 2.43 bits per heavy atom. The second-order valence-electron chi connectivity index (χ2n) is 4.77. The Morgan fingerprint density at radius 1 is 1.14 bits per heavy atom. The third-order valence-corrected chi connectivity index (χ3v) is 3.67. The number of hydrogen-bond acceptors (Lipinski definition) is 1. The van der Waals surface area contributed by atoms with Gasteiger partial charge in [-0.3, -0.25) is 0 Å². The van der Waals surface area contributed by atoms with Crippen molar-refractivity contribution < 1.29 is 0 Å². The highest BCUT2D eigenvalue weighted by molar-refractivity contribution is 4.74. The minimum absolute atomic E-state index is 0.946. The fourth-order valence-electron chi connectivity index (χ4n) is 2.71. The normalized spacial score (nSPS) is 21.0. The lowest BCUT2D eigenvalue weighted by Gasteiger charge is -2.29. The van der Waals surface area contributed by atoms with Crippen LogP contribution in [-0.4, -0.2) is 13.1 Å². The minimum Gasteiger partial charge on any atom is -0.316 e. The molecule has 0 aliphatic heterocycles. The maximum absolute atomic E-state index is 3.58. The van der Waals surface area contributed by atoms with Crippen molar-refractivity contribution in [2.24, 2.45) is 11.8 Å². The molecule has 1 aliphatic rings. The van der Waals surface area contributed by atoms with Crippen LogP contribution in [0, 0.1) is 11.8 Å². The van der Waals surface area contributed by atoms with Crippen LogP contribution in [0.2, 0.25) is 0 Å². The van der Waals surface area contributed by atoms with E-state index in [0.717, 1.165) is 11.8 Å². The molecular weight excluding hydrogens is 170 g/mol. The summed E-state index contributed by atoms with van der Waals surface area (Å²) in [5.74, 6) is 1.97. The zero-order valence-corrected chi connectivity index (χ0v) is 10.0. The first-order valence-corrected chi connectivity index (χ1v) is 6.59. The Balaban J connectivity index is 2.21. The van der Waals surface area contributed by atoms with Crippen LogP contribution in [0.5, 0.6) is 0 Å². The molecule has 0 bridgehead atoms. The van der Waals surface area contributed by atoms with E-state index in [0.29, 0.717) is 0 Å². The molecule has 1 atom stereocenters. The van der Waals surface area contributed by atoms with Gasteiger partial charge in [0.25, 0.3) is 0 Å².